The van der Waals surface area contributed by atoms with Gasteiger partial charge in [0, 0.05) is 17.6 Å². The third kappa shape index (κ3) is 3.30. The van der Waals surface area contributed by atoms with Crippen molar-refractivity contribution in [2.45, 2.75) is 33.2 Å². The zero-order valence-electron chi connectivity index (χ0n) is 11.6. The van der Waals surface area contributed by atoms with Crippen LogP contribution in [0.15, 0.2) is 0 Å². The third-order valence-corrected chi connectivity index (χ3v) is 3.19. The monoisotopic (exact) mass is 237 g/mol. The van der Waals surface area contributed by atoms with Gasteiger partial charge in [-0.25, -0.2) is 9.97 Å². The molecule has 96 valence electrons. The fraction of sp³-hybridized carbons (Fsp3) is 0.667. The molecule has 3 N–H and O–H groups in total. The first-order chi connectivity index (χ1) is 7.74. The second-order valence-corrected chi connectivity index (χ2v) is 5.19. The quantitative estimate of drug-likeness (QED) is 0.829. The molecule has 0 aromatic carbocycles. The molecule has 17 heavy (non-hydrogen) atoms. The minimum Gasteiger partial charge on any atom is -0.383 e. The van der Waals surface area contributed by atoms with Gasteiger partial charge >= 0.3 is 0 Å². The van der Waals surface area contributed by atoms with Crippen LogP contribution in [0.4, 0.5) is 11.6 Å². The minimum atomic E-state index is 0.0556. The predicted octanol–water partition coefficient (Wildman–Crippen LogP) is 1.43. The molecule has 0 bridgehead atoms. The van der Waals surface area contributed by atoms with E-state index in [2.05, 4.69) is 48.1 Å². The Morgan fingerprint density at radius 3 is 2.35 bits per heavy atom. The van der Waals surface area contributed by atoms with E-state index in [0.29, 0.717) is 11.6 Å². The minimum absolute atomic E-state index is 0.0556. The van der Waals surface area contributed by atoms with Crippen molar-refractivity contribution in [3.8, 4) is 0 Å². The van der Waals surface area contributed by atoms with Crippen molar-refractivity contribution in [2.24, 2.45) is 0 Å². The van der Waals surface area contributed by atoms with E-state index in [1.54, 1.807) is 0 Å². The van der Waals surface area contributed by atoms with E-state index in [0.717, 1.165) is 17.9 Å². The zero-order chi connectivity index (χ0) is 13.2. The van der Waals surface area contributed by atoms with Crippen LogP contribution in [-0.4, -0.2) is 41.0 Å². The van der Waals surface area contributed by atoms with E-state index in [1.807, 2.05) is 13.8 Å². The number of anilines is 2. The second kappa shape index (κ2) is 4.87. The van der Waals surface area contributed by atoms with E-state index in [9.17, 15) is 0 Å². The number of aromatic nitrogens is 2. The SMILES string of the molecule is Cc1nc(N)c(C)c(NCC(C)(C)N(C)C)n1. The van der Waals surface area contributed by atoms with Crippen molar-refractivity contribution in [3.63, 3.8) is 0 Å². The van der Waals surface area contributed by atoms with Gasteiger partial charge in [-0.3, -0.25) is 0 Å². The fourth-order valence-electron chi connectivity index (χ4n) is 1.28. The van der Waals surface area contributed by atoms with E-state index in [4.69, 9.17) is 5.73 Å². The Balaban J connectivity index is 2.83. The zero-order valence-corrected chi connectivity index (χ0v) is 11.6. The molecule has 0 aliphatic carbocycles. The van der Waals surface area contributed by atoms with Gasteiger partial charge in [0.2, 0.25) is 0 Å². The van der Waals surface area contributed by atoms with Crippen molar-refractivity contribution in [1.29, 1.82) is 0 Å². The van der Waals surface area contributed by atoms with Crippen LogP contribution < -0.4 is 11.1 Å². The molecule has 0 atom stereocenters. The Labute approximate surface area is 103 Å². The van der Waals surface area contributed by atoms with Crippen molar-refractivity contribution in [2.75, 3.05) is 31.7 Å². The molecule has 0 saturated carbocycles. The molecule has 5 heteroatoms. The Bertz CT molecular complexity index is 398. The van der Waals surface area contributed by atoms with Crippen molar-refractivity contribution in [1.82, 2.24) is 14.9 Å². The van der Waals surface area contributed by atoms with E-state index >= 15 is 0 Å². The number of nitrogens with two attached hydrogens (primary N) is 1. The number of aryl methyl sites for hydroxylation is 1. The highest BCUT2D eigenvalue weighted by Gasteiger charge is 2.20. The molecule has 0 spiro atoms. The predicted molar refractivity (Wildman–Crippen MR) is 72.2 cm³/mol. The molecule has 1 heterocycles. The van der Waals surface area contributed by atoms with Crippen LogP contribution in [0.2, 0.25) is 0 Å². The fourth-order valence-corrected chi connectivity index (χ4v) is 1.28. The average molecular weight is 237 g/mol. The highest BCUT2D eigenvalue weighted by Crippen LogP contribution is 2.18. The highest BCUT2D eigenvalue weighted by atomic mass is 15.2. The lowest BCUT2D eigenvalue weighted by Crippen LogP contribution is -2.44. The molecule has 0 fully saturated rings. The lowest BCUT2D eigenvalue weighted by molar-refractivity contribution is 0.210. The summed E-state index contributed by atoms with van der Waals surface area (Å²) >= 11 is 0. The molecule has 0 aliphatic heterocycles. The van der Waals surface area contributed by atoms with Crippen LogP contribution in [0.25, 0.3) is 0 Å². The summed E-state index contributed by atoms with van der Waals surface area (Å²) in [5.41, 5.74) is 6.78. The van der Waals surface area contributed by atoms with Gasteiger partial charge in [-0.05, 0) is 41.8 Å². The first kappa shape index (κ1) is 13.7. The highest BCUT2D eigenvalue weighted by molar-refractivity contribution is 5.54. The molecule has 0 saturated heterocycles. The van der Waals surface area contributed by atoms with E-state index in [-0.39, 0.29) is 5.54 Å². The van der Waals surface area contributed by atoms with Gasteiger partial charge in [0.25, 0.3) is 0 Å². The molecular weight excluding hydrogens is 214 g/mol. The molecule has 0 aliphatic rings. The molecule has 1 rings (SSSR count). The Morgan fingerprint density at radius 2 is 1.82 bits per heavy atom. The number of hydrogen-bond acceptors (Lipinski definition) is 5. The number of rotatable bonds is 4. The maximum absolute atomic E-state index is 5.82. The molecule has 1 aromatic rings. The summed E-state index contributed by atoms with van der Waals surface area (Å²) in [6.07, 6.45) is 0. The Kier molecular flexibility index (Phi) is 3.93. The van der Waals surface area contributed by atoms with Crippen molar-refractivity contribution >= 4 is 11.6 Å². The largest absolute Gasteiger partial charge is 0.383 e. The molecule has 0 amide bonds. The van der Waals surface area contributed by atoms with Gasteiger partial charge < -0.3 is 16.0 Å². The summed E-state index contributed by atoms with van der Waals surface area (Å²) in [7, 11) is 4.13. The molecule has 0 unspecified atom stereocenters. The van der Waals surface area contributed by atoms with Crippen LogP contribution in [0, 0.1) is 13.8 Å². The van der Waals surface area contributed by atoms with Crippen LogP contribution in [-0.2, 0) is 0 Å². The number of nitrogen functional groups attached to an aromatic ring is 1. The van der Waals surface area contributed by atoms with Crippen LogP contribution >= 0.6 is 0 Å². The lowest BCUT2D eigenvalue weighted by Gasteiger charge is -2.33. The van der Waals surface area contributed by atoms with Crippen LogP contribution in [0.5, 0.6) is 0 Å². The van der Waals surface area contributed by atoms with Crippen molar-refractivity contribution in [3.05, 3.63) is 11.4 Å². The van der Waals surface area contributed by atoms with Gasteiger partial charge in [0.15, 0.2) is 0 Å². The first-order valence-electron chi connectivity index (χ1n) is 5.76. The van der Waals surface area contributed by atoms with Gasteiger partial charge in [-0.15, -0.1) is 0 Å². The summed E-state index contributed by atoms with van der Waals surface area (Å²) in [5.74, 6) is 2.06. The van der Waals surface area contributed by atoms with Crippen LogP contribution in [0.1, 0.15) is 25.2 Å². The molecule has 1 aromatic heterocycles. The summed E-state index contributed by atoms with van der Waals surface area (Å²) in [6.45, 7) is 8.92. The third-order valence-electron chi connectivity index (χ3n) is 3.19. The number of likely N-dealkylation sites (N-methyl/N-ethyl adjacent to an activating group) is 1. The van der Waals surface area contributed by atoms with Gasteiger partial charge in [0.1, 0.15) is 17.5 Å². The molecule has 0 radical (unpaired) electrons. The van der Waals surface area contributed by atoms with Gasteiger partial charge in [-0.1, -0.05) is 0 Å². The van der Waals surface area contributed by atoms with Gasteiger partial charge in [0.05, 0.1) is 0 Å². The summed E-state index contributed by atoms with van der Waals surface area (Å²) < 4.78 is 0. The number of nitrogens with zero attached hydrogens (tertiary/aromatic N) is 3. The Hall–Kier alpha value is -1.36. The summed E-state index contributed by atoms with van der Waals surface area (Å²) in [5, 5.41) is 3.34. The standard InChI is InChI=1S/C12H23N5/c1-8-10(13)15-9(2)16-11(8)14-7-12(3,4)17(5)6/h7H2,1-6H3,(H3,13,14,15,16). The molecular formula is C12H23N5. The van der Waals surface area contributed by atoms with Crippen molar-refractivity contribution < 1.29 is 0 Å². The van der Waals surface area contributed by atoms with E-state index in [1.165, 1.54) is 0 Å². The maximum Gasteiger partial charge on any atom is 0.134 e. The second-order valence-electron chi connectivity index (χ2n) is 5.19. The smallest absolute Gasteiger partial charge is 0.134 e. The van der Waals surface area contributed by atoms with Gasteiger partial charge in [-0.2, -0.15) is 0 Å². The lowest BCUT2D eigenvalue weighted by atomic mass is 10.0. The average Bonchev–Trinajstić information content (AvgIpc) is 2.21. The molecule has 5 nitrogen and oxygen atoms in total. The number of hydrogen-bond donors (Lipinski definition) is 2. The normalized spacial score (nSPS) is 11.9. The summed E-state index contributed by atoms with van der Waals surface area (Å²) in [4.78, 5) is 10.7. The summed E-state index contributed by atoms with van der Waals surface area (Å²) in [6, 6.07) is 0. The van der Waals surface area contributed by atoms with E-state index < -0.39 is 0 Å². The number of nitrogens with one attached hydrogen (secondary N) is 1. The topological polar surface area (TPSA) is 67.1 Å². The first-order valence-corrected chi connectivity index (χ1v) is 5.76. The Morgan fingerprint density at radius 1 is 1.24 bits per heavy atom. The van der Waals surface area contributed by atoms with Crippen LogP contribution in [0.3, 0.4) is 0 Å². The maximum atomic E-state index is 5.82.